The maximum Gasteiger partial charge on any atom is 0.228 e. The summed E-state index contributed by atoms with van der Waals surface area (Å²) in [5.74, 6) is 2.28. The number of nitrogens with zero attached hydrogens (tertiary/aromatic N) is 5. The lowest BCUT2D eigenvalue weighted by Gasteiger charge is -2.37. The first kappa shape index (κ1) is 24.1. The van der Waals surface area contributed by atoms with Crippen LogP contribution in [0.25, 0.3) is 11.4 Å². The molecule has 0 aliphatic carbocycles. The average Bonchev–Trinajstić information content (AvgIpc) is 3.27. The van der Waals surface area contributed by atoms with Gasteiger partial charge in [-0.2, -0.15) is 4.98 Å². The summed E-state index contributed by atoms with van der Waals surface area (Å²) in [6.07, 6.45) is 0.595. The summed E-state index contributed by atoms with van der Waals surface area (Å²) in [5.41, 5.74) is 1.74. The van der Waals surface area contributed by atoms with Crippen molar-refractivity contribution in [2.75, 3.05) is 44.7 Å². The van der Waals surface area contributed by atoms with Crippen LogP contribution >= 0.6 is 35.6 Å². The van der Waals surface area contributed by atoms with Gasteiger partial charge >= 0.3 is 0 Å². The SMILES string of the molecule is CN=C(NCCc1nc(-c2ccc(Cl)cc2)no1)N1CCN(c2ccccc2O)CC1.I. The first-order valence-corrected chi connectivity index (χ1v) is 10.6. The molecule has 1 fully saturated rings. The van der Waals surface area contributed by atoms with Gasteiger partial charge in [-0.15, -0.1) is 24.0 Å². The van der Waals surface area contributed by atoms with Crippen molar-refractivity contribution < 1.29 is 9.63 Å². The molecule has 4 rings (SSSR count). The van der Waals surface area contributed by atoms with Crippen molar-refractivity contribution >= 4 is 47.2 Å². The third kappa shape index (κ3) is 5.83. The third-order valence-electron chi connectivity index (χ3n) is 5.21. The van der Waals surface area contributed by atoms with Gasteiger partial charge in [0.2, 0.25) is 11.7 Å². The number of nitrogens with one attached hydrogen (secondary N) is 1. The second-order valence-electron chi connectivity index (χ2n) is 7.21. The number of benzene rings is 2. The Morgan fingerprint density at radius 2 is 1.84 bits per heavy atom. The molecule has 8 nitrogen and oxygen atoms in total. The number of para-hydroxylation sites is 2. The molecule has 2 aromatic carbocycles. The van der Waals surface area contributed by atoms with E-state index in [0.29, 0.717) is 35.5 Å². The molecule has 2 heterocycles. The molecule has 170 valence electrons. The van der Waals surface area contributed by atoms with E-state index in [1.54, 1.807) is 25.2 Å². The Bertz CT molecular complexity index is 1030. The normalized spacial score (nSPS) is 14.2. The molecular formula is C22H26ClIN6O2. The van der Waals surface area contributed by atoms with Gasteiger partial charge in [-0.25, -0.2) is 0 Å². The molecule has 0 unspecified atom stereocenters. The second kappa shape index (κ2) is 11.4. The molecule has 0 atom stereocenters. The Hall–Kier alpha value is -2.53. The summed E-state index contributed by atoms with van der Waals surface area (Å²) < 4.78 is 5.37. The van der Waals surface area contributed by atoms with Crippen LogP contribution in [0.3, 0.4) is 0 Å². The standard InChI is InChI=1S/C22H25ClN6O2.HI/c1-24-22(29-14-12-28(13-15-29)18-4-2-3-5-19(18)30)25-11-10-20-26-21(27-31-20)16-6-8-17(23)9-7-16;/h2-9,30H,10-15H2,1H3,(H,24,25);1H. The van der Waals surface area contributed by atoms with Gasteiger partial charge in [-0.3, -0.25) is 4.99 Å². The monoisotopic (exact) mass is 568 g/mol. The molecule has 0 radical (unpaired) electrons. The molecule has 32 heavy (non-hydrogen) atoms. The smallest absolute Gasteiger partial charge is 0.228 e. The van der Waals surface area contributed by atoms with Gasteiger partial charge in [0, 0.05) is 56.8 Å². The Balaban J connectivity index is 0.00000289. The highest BCUT2D eigenvalue weighted by atomic mass is 127. The molecule has 0 amide bonds. The quantitative estimate of drug-likeness (QED) is 0.276. The van der Waals surface area contributed by atoms with Crippen molar-refractivity contribution in [2.24, 2.45) is 4.99 Å². The third-order valence-corrected chi connectivity index (χ3v) is 5.46. The first-order valence-electron chi connectivity index (χ1n) is 10.2. The van der Waals surface area contributed by atoms with Crippen molar-refractivity contribution in [1.29, 1.82) is 0 Å². The molecule has 0 spiro atoms. The number of piperazine rings is 1. The average molecular weight is 569 g/mol. The number of aliphatic imine (C=N–C) groups is 1. The van der Waals surface area contributed by atoms with E-state index < -0.39 is 0 Å². The number of phenols is 1. The van der Waals surface area contributed by atoms with Crippen molar-refractivity contribution in [3.8, 4) is 17.1 Å². The van der Waals surface area contributed by atoms with Crippen LogP contribution in [0.15, 0.2) is 58.0 Å². The van der Waals surface area contributed by atoms with E-state index in [4.69, 9.17) is 16.1 Å². The van der Waals surface area contributed by atoms with E-state index in [-0.39, 0.29) is 24.0 Å². The minimum Gasteiger partial charge on any atom is -0.506 e. The van der Waals surface area contributed by atoms with Crippen LogP contribution in [0, 0.1) is 0 Å². The van der Waals surface area contributed by atoms with Crippen LogP contribution in [0.4, 0.5) is 5.69 Å². The molecule has 10 heteroatoms. The number of guanidine groups is 1. The van der Waals surface area contributed by atoms with E-state index in [1.165, 1.54) is 0 Å². The van der Waals surface area contributed by atoms with Crippen LogP contribution in [0.1, 0.15) is 5.89 Å². The maximum absolute atomic E-state index is 10.1. The zero-order valence-corrected chi connectivity index (χ0v) is 20.8. The van der Waals surface area contributed by atoms with Gasteiger partial charge in [-0.1, -0.05) is 28.9 Å². The Morgan fingerprint density at radius 1 is 1.12 bits per heavy atom. The summed E-state index contributed by atoms with van der Waals surface area (Å²) in [5, 5.41) is 18.2. The van der Waals surface area contributed by atoms with Crippen LogP contribution in [-0.2, 0) is 6.42 Å². The first-order chi connectivity index (χ1) is 15.1. The van der Waals surface area contributed by atoms with Gasteiger partial charge in [0.05, 0.1) is 5.69 Å². The van der Waals surface area contributed by atoms with E-state index in [1.807, 2.05) is 30.3 Å². The molecule has 1 aromatic heterocycles. The molecule has 1 saturated heterocycles. The van der Waals surface area contributed by atoms with Crippen molar-refractivity contribution in [2.45, 2.75) is 6.42 Å². The van der Waals surface area contributed by atoms with Crippen LogP contribution in [-0.4, -0.2) is 65.9 Å². The number of hydrogen-bond acceptors (Lipinski definition) is 6. The van der Waals surface area contributed by atoms with E-state index >= 15 is 0 Å². The van der Waals surface area contributed by atoms with E-state index in [9.17, 15) is 5.11 Å². The van der Waals surface area contributed by atoms with Crippen molar-refractivity contribution in [3.05, 3.63) is 59.4 Å². The summed E-state index contributed by atoms with van der Waals surface area (Å²) in [7, 11) is 1.78. The van der Waals surface area contributed by atoms with Gasteiger partial charge < -0.3 is 24.7 Å². The number of phenolic OH excluding ortho intramolecular Hbond substituents is 1. The van der Waals surface area contributed by atoms with E-state index in [0.717, 1.165) is 43.4 Å². The molecule has 3 aromatic rings. The summed E-state index contributed by atoms with van der Waals surface area (Å²) in [6, 6.07) is 14.8. The largest absolute Gasteiger partial charge is 0.506 e. The number of aromatic hydroxyl groups is 1. The second-order valence-corrected chi connectivity index (χ2v) is 7.64. The summed E-state index contributed by atoms with van der Waals surface area (Å²) >= 11 is 5.92. The highest BCUT2D eigenvalue weighted by Crippen LogP contribution is 2.27. The lowest BCUT2D eigenvalue weighted by Crippen LogP contribution is -2.52. The molecule has 1 aliphatic heterocycles. The maximum atomic E-state index is 10.1. The van der Waals surface area contributed by atoms with Gasteiger partial charge in [0.1, 0.15) is 5.75 Å². The molecule has 0 saturated carbocycles. The lowest BCUT2D eigenvalue weighted by molar-refractivity contribution is 0.363. The molecule has 2 N–H and O–H groups in total. The number of anilines is 1. The minimum atomic E-state index is 0. The summed E-state index contributed by atoms with van der Waals surface area (Å²) in [4.78, 5) is 13.3. The number of halogens is 2. The highest BCUT2D eigenvalue weighted by Gasteiger charge is 2.21. The fraction of sp³-hybridized carbons (Fsp3) is 0.318. The highest BCUT2D eigenvalue weighted by molar-refractivity contribution is 14.0. The fourth-order valence-electron chi connectivity index (χ4n) is 3.58. The Labute approximate surface area is 209 Å². The predicted octanol–water partition coefficient (Wildman–Crippen LogP) is 3.65. The fourth-order valence-corrected chi connectivity index (χ4v) is 3.70. The number of aromatic nitrogens is 2. The zero-order chi connectivity index (χ0) is 21.6. The predicted molar refractivity (Wildman–Crippen MR) is 137 cm³/mol. The Morgan fingerprint density at radius 3 is 2.53 bits per heavy atom. The summed E-state index contributed by atoms with van der Waals surface area (Å²) in [6.45, 7) is 3.89. The van der Waals surface area contributed by atoms with Crippen molar-refractivity contribution in [1.82, 2.24) is 20.4 Å². The van der Waals surface area contributed by atoms with E-state index in [2.05, 4.69) is 30.2 Å². The molecular weight excluding hydrogens is 543 g/mol. The number of rotatable bonds is 5. The van der Waals surface area contributed by atoms with Crippen LogP contribution < -0.4 is 10.2 Å². The number of hydrogen-bond donors (Lipinski definition) is 2. The van der Waals surface area contributed by atoms with Crippen molar-refractivity contribution in [3.63, 3.8) is 0 Å². The molecule has 0 bridgehead atoms. The topological polar surface area (TPSA) is 90.0 Å². The van der Waals surface area contributed by atoms with Gasteiger partial charge in [0.25, 0.3) is 0 Å². The van der Waals surface area contributed by atoms with Gasteiger partial charge in [0.15, 0.2) is 5.96 Å². The molecule has 1 aliphatic rings. The Kier molecular flexibility index (Phi) is 8.57. The lowest BCUT2D eigenvalue weighted by atomic mass is 10.2. The van der Waals surface area contributed by atoms with Gasteiger partial charge in [-0.05, 0) is 36.4 Å². The minimum absolute atomic E-state index is 0. The zero-order valence-electron chi connectivity index (χ0n) is 17.7. The van der Waals surface area contributed by atoms with Crippen LogP contribution in [0.2, 0.25) is 5.02 Å². The van der Waals surface area contributed by atoms with Crippen LogP contribution in [0.5, 0.6) is 5.75 Å².